The van der Waals surface area contributed by atoms with Crippen molar-refractivity contribution >= 4 is 43.8 Å². The summed E-state index contributed by atoms with van der Waals surface area (Å²) < 4.78 is 6.63. The molecule has 5 aromatic rings. The highest BCUT2D eigenvalue weighted by atomic mass is 32.1. The molecule has 136 valence electrons. The van der Waals surface area contributed by atoms with Crippen molar-refractivity contribution in [3.05, 3.63) is 72.4 Å². The maximum atomic E-state index is 5.40. The van der Waals surface area contributed by atoms with Crippen LogP contribution in [-0.4, -0.2) is 22.1 Å². The van der Waals surface area contributed by atoms with Crippen LogP contribution in [0.3, 0.4) is 0 Å². The molecule has 0 unspecified atom stereocenters. The molecule has 2 aromatic carbocycles. The van der Waals surface area contributed by atoms with Gasteiger partial charge in [0.2, 0.25) is 0 Å². The van der Waals surface area contributed by atoms with Crippen LogP contribution in [0.1, 0.15) is 0 Å². The van der Waals surface area contributed by atoms with E-state index in [1.165, 1.54) is 10.1 Å². The highest BCUT2D eigenvalue weighted by Gasteiger charge is 2.11. The molecule has 0 atom stereocenters. The topological polar surface area (TPSA) is 59.9 Å². The van der Waals surface area contributed by atoms with E-state index in [0.717, 1.165) is 33.7 Å². The predicted molar refractivity (Wildman–Crippen MR) is 114 cm³/mol. The van der Waals surface area contributed by atoms with Gasteiger partial charge >= 0.3 is 0 Å². The Balaban J connectivity index is 1.67. The number of hydrogen-bond acceptors (Lipinski definition) is 6. The number of nitrogens with one attached hydrogen (secondary N) is 1. The third kappa shape index (κ3) is 3.04. The van der Waals surface area contributed by atoms with Gasteiger partial charge in [-0.25, -0.2) is 9.97 Å². The molecule has 0 spiro atoms. The van der Waals surface area contributed by atoms with E-state index in [9.17, 15) is 0 Å². The lowest BCUT2D eigenvalue weighted by Crippen LogP contribution is -2.00. The second-order valence-electron chi connectivity index (χ2n) is 6.32. The van der Waals surface area contributed by atoms with Crippen LogP contribution < -0.4 is 10.1 Å². The summed E-state index contributed by atoms with van der Waals surface area (Å²) in [5.74, 6) is 2.13. The van der Waals surface area contributed by atoms with E-state index in [-0.39, 0.29) is 0 Å². The van der Waals surface area contributed by atoms with Crippen molar-refractivity contribution in [1.82, 2.24) is 15.0 Å². The van der Waals surface area contributed by atoms with E-state index >= 15 is 0 Å². The first-order chi connectivity index (χ1) is 13.8. The SMILES string of the molecule is COc1ccc2nc(-c3cccnc3)nc(Nc3ccc4ccsc4c3)c2c1. The molecule has 0 bridgehead atoms. The Bertz CT molecular complexity index is 1280. The van der Waals surface area contributed by atoms with Gasteiger partial charge < -0.3 is 10.1 Å². The summed E-state index contributed by atoms with van der Waals surface area (Å²) in [5, 5.41) is 7.71. The zero-order chi connectivity index (χ0) is 18.9. The van der Waals surface area contributed by atoms with Crippen LogP contribution in [0.25, 0.3) is 32.4 Å². The number of hydrogen-bond donors (Lipinski definition) is 1. The third-order valence-electron chi connectivity index (χ3n) is 4.54. The van der Waals surface area contributed by atoms with E-state index in [1.54, 1.807) is 30.8 Å². The van der Waals surface area contributed by atoms with Gasteiger partial charge in [-0.3, -0.25) is 4.98 Å². The monoisotopic (exact) mass is 384 g/mol. The smallest absolute Gasteiger partial charge is 0.163 e. The summed E-state index contributed by atoms with van der Waals surface area (Å²) in [7, 11) is 1.66. The number of rotatable bonds is 4. The first-order valence-electron chi connectivity index (χ1n) is 8.81. The minimum atomic E-state index is 0.630. The average molecular weight is 384 g/mol. The molecule has 0 amide bonds. The van der Waals surface area contributed by atoms with Crippen LogP contribution >= 0.6 is 11.3 Å². The number of nitrogens with zero attached hydrogens (tertiary/aromatic N) is 3. The Morgan fingerprint density at radius 1 is 1.00 bits per heavy atom. The lowest BCUT2D eigenvalue weighted by atomic mass is 10.2. The fraction of sp³-hybridized carbons (Fsp3) is 0.0455. The Hall–Kier alpha value is -3.51. The van der Waals surface area contributed by atoms with Gasteiger partial charge in [-0.15, -0.1) is 11.3 Å². The molecule has 6 heteroatoms. The molecule has 5 rings (SSSR count). The summed E-state index contributed by atoms with van der Waals surface area (Å²) in [4.78, 5) is 13.7. The molecule has 5 nitrogen and oxygen atoms in total. The molecular weight excluding hydrogens is 368 g/mol. The molecule has 0 radical (unpaired) electrons. The van der Waals surface area contributed by atoms with Crippen LogP contribution in [0.4, 0.5) is 11.5 Å². The minimum absolute atomic E-state index is 0.630. The van der Waals surface area contributed by atoms with Gasteiger partial charge in [0.05, 0.1) is 12.6 Å². The molecule has 1 N–H and O–H groups in total. The number of thiophene rings is 1. The van der Waals surface area contributed by atoms with Gasteiger partial charge in [0, 0.05) is 33.7 Å². The number of pyridine rings is 1. The van der Waals surface area contributed by atoms with E-state index in [4.69, 9.17) is 14.7 Å². The number of methoxy groups -OCH3 is 1. The van der Waals surface area contributed by atoms with Gasteiger partial charge in [0.25, 0.3) is 0 Å². The van der Waals surface area contributed by atoms with Crippen molar-refractivity contribution in [2.75, 3.05) is 12.4 Å². The van der Waals surface area contributed by atoms with Crippen molar-refractivity contribution in [2.45, 2.75) is 0 Å². The third-order valence-corrected chi connectivity index (χ3v) is 5.42. The Kier molecular flexibility index (Phi) is 4.10. The molecule has 0 aliphatic carbocycles. The Labute approximate surface area is 165 Å². The standard InChI is InChI=1S/C22H16N4OS/c1-27-17-6-7-19-18(12-17)22(26-21(25-19)15-3-2-9-23-13-15)24-16-5-4-14-8-10-28-20(14)11-16/h2-13H,1H3,(H,24,25,26). The van der Waals surface area contributed by atoms with Crippen molar-refractivity contribution in [3.8, 4) is 17.1 Å². The quantitative estimate of drug-likeness (QED) is 0.433. The lowest BCUT2D eigenvalue weighted by molar-refractivity contribution is 0.415. The number of ether oxygens (including phenoxy) is 1. The number of fused-ring (bicyclic) bond motifs is 2. The predicted octanol–water partition coefficient (Wildman–Crippen LogP) is 5.66. The normalized spacial score (nSPS) is 11.0. The van der Waals surface area contributed by atoms with Crippen LogP contribution in [0.15, 0.2) is 72.4 Å². The first kappa shape index (κ1) is 16.6. The summed E-state index contributed by atoms with van der Waals surface area (Å²) in [6, 6.07) is 18.1. The van der Waals surface area contributed by atoms with E-state index < -0.39 is 0 Å². The van der Waals surface area contributed by atoms with Gasteiger partial charge in [-0.1, -0.05) is 6.07 Å². The second kappa shape index (κ2) is 6.90. The molecule has 3 aromatic heterocycles. The summed E-state index contributed by atoms with van der Waals surface area (Å²) in [6.07, 6.45) is 3.51. The molecule has 28 heavy (non-hydrogen) atoms. The van der Waals surface area contributed by atoms with Crippen LogP contribution in [0.2, 0.25) is 0 Å². The summed E-state index contributed by atoms with van der Waals surface area (Å²) >= 11 is 1.72. The van der Waals surface area contributed by atoms with Crippen LogP contribution in [-0.2, 0) is 0 Å². The van der Waals surface area contributed by atoms with Gasteiger partial charge in [0.15, 0.2) is 5.82 Å². The first-order valence-corrected chi connectivity index (χ1v) is 9.68. The van der Waals surface area contributed by atoms with E-state index in [1.807, 2.05) is 30.3 Å². The zero-order valence-corrected chi connectivity index (χ0v) is 15.9. The number of benzene rings is 2. The van der Waals surface area contributed by atoms with Gasteiger partial charge in [-0.05, 0) is 59.3 Å². The highest BCUT2D eigenvalue weighted by molar-refractivity contribution is 7.17. The molecular formula is C22H16N4OS. The fourth-order valence-electron chi connectivity index (χ4n) is 3.12. The summed E-state index contributed by atoms with van der Waals surface area (Å²) in [6.45, 7) is 0. The molecule has 0 saturated heterocycles. The Morgan fingerprint density at radius 3 is 2.82 bits per heavy atom. The molecule has 0 aliphatic heterocycles. The Morgan fingerprint density at radius 2 is 1.96 bits per heavy atom. The average Bonchev–Trinajstić information content (AvgIpc) is 3.22. The molecule has 0 aliphatic rings. The summed E-state index contributed by atoms with van der Waals surface area (Å²) in [5.41, 5.74) is 2.70. The van der Waals surface area contributed by atoms with Crippen molar-refractivity contribution in [1.29, 1.82) is 0 Å². The van der Waals surface area contributed by atoms with Crippen molar-refractivity contribution in [2.24, 2.45) is 0 Å². The fourth-order valence-corrected chi connectivity index (χ4v) is 3.95. The molecule has 0 fully saturated rings. The van der Waals surface area contributed by atoms with E-state index in [0.29, 0.717) is 5.82 Å². The van der Waals surface area contributed by atoms with Crippen LogP contribution in [0.5, 0.6) is 5.75 Å². The van der Waals surface area contributed by atoms with Crippen molar-refractivity contribution in [3.63, 3.8) is 0 Å². The molecule has 3 heterocycles. The number of aromatic nitrogens is 3. The van der Waals surface area contributed by atoms with Crippen LogP contribution in [0, 0.1) is 0 Å². The highest BCUT2D eigenvalue weighted by Crippen LogP contribution is 2.31. The van der Waals surface area contributed by atoms with Crippen molar-refractivity contribution < 1.29 is 4.74 Å². The maximum Gasteiger partial charge on any atom is 0.163 e. The van der Waals surface area contributed by atoms with Gasteiger partial charge in [-0.2, -0.15) is 0 Å². The lowest BCUT2D eigenvalue weighted by Gasteiger charge is -2.12. The van der Waals surface area contributed by atoms with E-state index in [2.05, 4.69) is 39.9 Å². The largest absolute Gasteiger partial charge is 0.497 e. The molecule has 0 saturated carbocycles. The maximum absolute atomic E-state index is 5.40. The second-order valence-corrected chi connectivity index (χ2v) is 7.27. The zero-order valence-electron chi connectivity index (χ0n) is 15.1. The van der Waals surface area contributed by atoms with Gasteiger partial charge in [0.1, 0.15) is 11.6 Å². The minimum Gasteiger partial charge on any atom is -0.497 e. The number of anilines is 2.